The van der Waals surface area contributed by atoms with Gasteiger partial charge in [-0.1, -0.05) is 6.07 Å². The van der Waals surface area contributed by atoms with Gasteiger partial charge in [-0.3, -0.25) is 4.79 Å². The van der Waals surface area contributed by atoms with E-state index in [1.165, 1.54) is 17.7 Å². The van der Waals surface area contributed by atoms with Crippen LogP contribution >= 0.6 is 11.3 Å². The third-order valence-electron chi connectivity index (χ3n) is 2.84. The third kappa shape index (κ3) is 4.75. The van der Waals surface area contributed by atoms with Gasteiger partial charge in [0.05, 0.1) is 6.54 Å². The minimum atomic E-state index is -0.360. The van der Waals surface area contributed by atoms with Gasteiger partial charge in [0.25, 0.3) is 0 Å². The molecule has 20 heavy (non-hydrogen) atoms. The highest BCUT2D eigenvalue weighted by molar-refractivity contribution is 7.07. The number of hydrogen-bond donors (Lipinski definition) is 2. The molecule has 0 radical (unpaired) electrons. The van der Waals surface area contributed by atoms with Crippen molar-refractivity contribution in [1.29, 1.82) is 0 Å². The zero-order valence-electron chi connectivity index (χ0n) is 11.2. The van der Waals surface area contributed by atoms with Gasteiger partial charge in [0.2, 0.25) is 5.91 Å². The maximum atomic E-state index is 13.0. The second-order valence-electron chi connectivity index (χ2n) is 4.68. The van der Waals surface area contributed by atoms with Crippen LogP contribution in [0, 0.1) is 5.82 Å². The molecule has 2 N–H and O–H groups in total. The monoisotopic (exact) mass is 292 g/mol. The third-order valence-corrected chi connectivity index (χ3v) is 3.57. The molecule has 0 aliphatic heterocycles. The first-order valence-electron chi connectivity index (χ1n) is 6.43. The Kier molecular flexibility index (Phi) is 5.26. The number of hydrogen-bond acceptors (Lipinski definition) is 3. The van der Waals surface area contributed by atoms with E-state index >= 15 is 0 Å². The second kappa shape index (κ2) is 7.17. The fraction of sp³-hybridized carbons (Fsp3) is 0.267. The maximum absolute atomic E-state index is 13.0. The van der Waals surface area contributed by atoms with Crippen molar-refractivity contribution in [2.24, 2.45) is 0 Å². The van der Waals surface area contributed by atoms with Crippen LogP contribution in [0.2, 0.25) is 0 Å². The van der Waals surface area contributed by atoms with E-state index in [-0.39, 0.29) is 24.3 Å². The highest BCUT2D eigenvalue weighted by atomic mass is 32.1. The summed E-state index contributed by atoms with van der Waals surface area (Å²) in [5.41, 5.74) is 1.74. The van der Waals surface area contributed by atoms with Gasteiger partial charge in [-0.05, 0) is 53.9 Å². The van der Waals surface area contributed by atoms with Crippen molar-refractivity contribution in [3.05, 3.63) is 52.5 Å². The van der Waals surface area contributed by atoms with Crippen molar-refractivity contribution in [1.82, 2.24) is 5.32 Å². The molecular formula is C15H17FN2OS. The molecule has 0 aliphatic carbocycles. The Bertz CT molecular complexity index is 557. The fourth-order valence-electron chi connectivity index (χ4n) is 1.87. The molecule has 1 unspecified atom stereocenters. The average molecular weight is 292 g/mol. The number of benzene rings is 1. The number of carbonyl (C=O) groups is 1. The lowest BCUT2D eigenvalue weighted by Crippen LogP contribution is -2.35. The second-order valence-corrected chi connectivity index (χ2v) is 5.46. The Labute approximate surface area is 121 Å². The molecule has 5 heteroatoms. The Hall–Kier alpha value is -1.72. The van der Waals surface area contributed by atoms with Crippen molar-refractivity contribution in [3.63, 3.8) is 0 Å². The molecule has 0 aliphatic rings. The van der Waals surface area contributed by atoms with Crippen LogP contribution in [0.15, 0.2) is 41.1 Å². The first-order chi connectivity index (χ1) is 9.63. The molecule has 0 saturated carbocycles. The molecule has 0 saturated heterocycles. The van der Waals surface area contributed by atoms with Crippen LogP contribution in [-0.4, -0.2) is 18.5 Å². The summed E-state index contributed by atoms with van der Waals surface area (Å²) in [6.07, 6.45) is 0.886. The zero-order chi connectivity index (χ0) is 14.4. The predicted molar refractivity (Wildman–Crippen MR) is 80.5 cm³/mol. The SMILES string of the molecule is CC(Cc1ccsc1)NCC(=O)Nc1cccc(F)c1. The lowest BCUT2D eigenvalue weighted by atomic mass is 10.1. The highest BCUT2D eigenvalue weighted by Crippen LogP contribution is 2.09. The standard InChI is InChI=1S/C15H17FN2OS/c1-11(7-12-5-6-20-10-12)17-9-15(19)18-14-4-2-3-13(16)8-14/h2-6,8,10-11,17H,7,9H2,1H3,(H,18,19). The first-order valence-corrected chi connectivity index (χ1v) is 7.37. The van der Waals surface area contributed by atoms with Crippen molar-refractivity contribution in [3.8, 4) is 0 Å². The minimum Gasteiger partial charge on any atom is -0.325 e. The summed E-state index contributed by atoms with van der Waals surface area (Å²) in [5, 5.41) is 9.95. The zero-order valence-corrected chi connectivity index (χ0v) is 12.0. The van der Waals surface area contributed by atoms with Crippen molar-refractivity contribution < 1.29 is 9.18 Å². The Balaban J connectivity index is 1.74. The molecule has 106 valence electrons. The van der Waals surface area contributed by atoms with Crippen LogP contribution in [0.25, 0.3) is 0 Å². The average Bonchev–Trinajstić information content (AvgIpc) is 2.89. The highest BCUT2D eigenvalue weighted by Gasteiger charge is 2.07. The summed E-state index contributed by atoms with van der Waals surface area (Å²) in [4.78, 5) is 11.7. The lowest BCUT2D eigenvalue weighted by molar-refractivity contribution is -0.115. The molecule has 3 nitrogen and oxygen atoms in total. The first kappa shape index (κ1) is 14.7. The van der Waals surface area contributed by atoms with E-state index in [9.17, 15) is 9.18 Å². The molecular weight excluding hydrogens is 275 g/mol. The number of thiophene rings is 1. The molecule has 0 spiro atoms. The van der Waals surface area contributed by atoms with Crippen LogP contribution in [-0.2, 0) is 11.2 Å². The van der Waals surface area contributed by atoms with E-state index in [4.69, 9.17) is 0 Å². The van der Waals surface area contributed by atoms with E-state index in [1.54, 1.807) is 23.5 Å². The van der Waals surface area contributed by atoms with Gasteiger partial charge in [-0.15, -0.1) is 0 Å². The summed E-state index contributed by atoms with van der Waals surface area (Å²) in [6.45, 7) is 2.24. The quantitative estimate of drug-likeness (QED) is 0.859. The van der Waals surface area contributed by atoms with Crippen LogP contribution < -0.4 is 10.6 Å². The van der Waals surface area contributed by atoms with E-state index in [0.717, 1.165) is 6.42 Å². The molecule has 0 fully saturated rings. The van der Waals surface area contributed by atoms with Gasteiger partial charge < -0.3 is 10.6 Å². The largest absolute Gasteiger partial charge is 0.325 e. The van der Waals surface area contributed by atoms with Crippen molar-refractivity contribution >= 4 is 22.9 Å². The summed E-state index contributed by atoms with van der Waals surface area (Å²) < 4.78 is 13.0. The van der Waals surface area contributed by atoms with Crippen molar-refractivity contribution in [2.45, 2.75) is 19.4 Å². The molecule has 1 aromatic heterocycles. The van der Waals surface area contributed by atoms with E-state index in [2.05, 4.69) is 22.1 Å². The summed E-state index contributed by atoms with van der Waals surface area (Å²) in [6, 6.07) is 8.16. The van der Waals surface area contributed by atoms with Gasteiger partial charge in [-0.2, -0.15) is 11.3 Å². The predicted octanol–water partition coefficient (Wildman–Crippen LogP) is 3.05. The van der Waals surface area contributed by atoms with E-state index in [1.807, 2.05) is 12.3 Å². The molecule has 0 bridgehead atoms. The van der Waals surface area contributed by atoms with Gasteiger partial charge >= 0.3 is 0 Å². The molecule has 1 aromatic carbocycles. The molecule has 1 atom stereocenters. The van der Waals surface area contributed by atoms with Gasteiger partial charge in [0.15, 0.2) is 0 Å². The molecule has 1 amide bonds. The summed E-state index contributed by atoms with van der Waals surface area (Å²) in [5.74, 6) is -0.533. The number of nitrogens with one attached hydrogen (secondary N) is 2. The Morgan fingerprint density at radius 2 is 2.25 bits per heavy atom. The minimum absolute atomic E-state index is 0.173. The number of halogens is 1. The topological polar surface area (TPSA) is 41.1 Å². The van der Waals surface area contributed by atoms with Gasteiger partial charge in [0.1, 0.15) is 5.82 Å². The van der Waals surface area contributed by atoms with Crippen molar-refractivity contribution in [2.75, 3.05) is 11.9 Å². The van der Waals surface area contributed by atoms with E-state index in [0.29, 0.717) is 5.69 Å². The van der Waals surface area contributed by atoms with E-state index < -0.39 is 0 Å². The fourth-order valence-corrected chi connectivity index (χ4v) is 2.55. The normalized spacial score (nSPS) is 12.1. The summed E-state index contributed by atoms with van der Waals surface area (Å²) >= 11 is 1.67. The smallest absolute Gasteiger partial charge is 0.238 e. The molecule has 1 heterocycles. The number of rotatable bonds is 6. The molecule has 2 rings (SSSR count). The Morgan fingerprint density at radius 3 is 2.95 bits per heavy atom. The van der Waals surface area contributed by atoms with Crippen LogP contribution in [0.5, 0.6) is 0 Å². The van der Waals surface area contributed by atoms with Crippen LogP contribution in [0.1, 0.15) is 12.5 Å². The number of amides is 1. The Morgan fingerprint density at radius 1 is 1.40 bits per heavy atom. The van der Waals surface area contributed by atoms with Crippen LogP contribution in [0.3, 0.4) is 0 Å². The maximum Gasteiger partial charge on any atom is 0.238 e. The number of carbonyl (C=O) groups excluding carboxylic acids is 1. The van der Waals surface area contributed by atoms with Gasteiger partial charge in [0, 0.05) is 11.7 Å². The summed E-state index contributed by atoms with van der Waals surface area (Å²) in [7, 11) is 0. The number of anilines is 1. The molecule has 2 aromatic rings. The van der Waals surface area contributed by atoms with Crippen LogP contribution in [0.4, 0.5) is 10.1 Å². The van der Waals surface area contributed by atoms with Gasteiger partial charge in [-0.25, -0.2) is 4.39 Å². The lowest BCUT2D eigenvalue weighted by Gasteiger charge is -2.13.